The Morgan fingerprint density at radius 2 is 1.17 bits per heavy atom. The number of carbonyl (C=O) groups is 2. The molecule has 0 saturated carbocycles. The van der Waals surface area contributed by atoms with E-state index in [9.17, 15) is 9.59 Å². The second-order valence-electron chi connectivity index (χ2n) is 1.54. The van der Waals surface area contributed by atoms with Crippen LogP contribution in [0.25, 0.3) is 0 Å². The molecule has 8 heteroatoms. The van der Waals surface area contributed by atoms with Gasteiger partial charge in [0.25, 0.3) is 0 Å². The van der Waals surface area contributed by atoms with Gasteiger partial charge in [0, 0.05) is 0 Å². The summed E-state index contributed by atoms with van der Waals surface area (Å²) in [5.74, 6) is 8.50. The lowest BCUT2D eigenvalue weighted by Gasteiger charge is -1.87. The SMILES string of the molecule is NCC(=O)NN.NCC(=O)NN. The maximum Gasteiger partial charge on any atom is 0.247 e. The van der Waals surface area contributed by atoms with Crippen molar-refractivity contribution in [2.75, 3.05) is 13.1 Å². The molecule has 0 aliphatic rings. The van der Waals surface area contributed by atoms with Crippen LogP contribution in [0.4, 0.5) is 0 Å². The third-order valence-corrected chi connectivity index (χ3v) is 0.693. The summed E-state index contributed by atoms with van der Waals surface area (Å²) >= 11 is 0. The highest BCUT2D eigenvalue weighted by Gasteiger charge is 1.85. The van der Waals surface area contributed by atoms with Gasteiger partial charge in [0.1, 0.15) is 0 Å². The quantitative estimate of drug-likeness (QED) is 0.143. The number of rotatable bonds is 2. The van der Waals surface area contributed by atoms with E-state index in [0.29, 0.717) is 0 Å². The smallest absolute Gasteiger partial charge is 0.247 e. The fourth-order valence-electron chi connectivity index (χ4n) is 0.118. The average molecular weight is 178 g/mol. The number of nitrogens with one attached hydrogen (secondary N) is 2. The predicted octanol–water partition coefficient (Wildman–Crippen LogP) is -4.13. The summed E-state index contributed by atoms with van der Waals surface area (Å²) in [5, 5.41) is 0. The molecule has 0 aliphatic heterocycles. The molecule has 0 unspecified atom stereocenters. The Hall–Kier alpha value is -1.22. The van der Waals surface area contributed by atoms with Crippen LogP contribution in [0.15, 0.2) is 0 Å². The standard InChI is InChI=1S/2C2H7N3O/c2*3-1-2(6)5-4/h2*1,3-4H2,(H,5,6). The molecule has 12 heavy (non-hydrogen) atoms. The molecule has 0 rings (SSSR count). The maximum atomic E-state index is 9.82. The molecule has 10 N–H and O–H groups in total. The van der Waals surface area contributed by atoms with Crippen LogP contribution in [0.2, 0.25) is 0 Å². The largest absolute Gasteiger partial charge is 0.322 e. The van der Waals surface area contributed by atoms with E-state index in [0.717, 1.165) is 0 Å². The average Bonchev–Trinajstić information content (AvgIpc) is 2.16. The molecule has 0 heterocycles. The first kappa shape index (κ1) is 13.4. The first-order valence-electron chi connectivity index (χ1n) is 3.01. The molecule has 0 saturated heterocycles. The molecule has 0 aromatic rings. The van der Waals surface area contributed by atoms with Crippen LogP contribution in [0, 0.1) is 0 Å². The normalized spacial score (nSPS) is 7.67. The van der Waals surface area contributed by atoms with Crippen LogP contribution in [0.3, 0.4) is 0 Å². The lowest BCUT2D eigenvalue weighted by molar-refractivity contribution is -0.120. The molecule has 0 aromatic heterocycles. The minimum Gasteiger partial charge on any atom is -0.322 e. The van der Waals surface area contributed by atoms with Gasteiger partial charge in [0.05, 0.1) is 13.1 Å². The van der Waals surface area contributed by atoms with E-state index in [1.807, 2.05) is 10.9 Å². The Morgan fingerprint density at radius 1 is 0.917 bits per heavy atom. The molecule has 0 aromatic carbocycles. The monoisotopic (exact) mass is 178 g/mol. The Bertz CT molecular complexity index is 110. The van der Waals surface area contributed by atoms with E-state index in [4.69, 9.17) is 11.5 Å². The van der Waals surface area contributed by atoms with Crippen LogP contribution in [0.5, 0.6) is 0 Å². The topological polar surface area (TPSA) is 162 Å². The summed E-state index contributed by atoms with van der Waals surface area (Å²) < 4.78 is 0. The molecule has 0 radical (unpaired) electrons. The van der Waals surface area contributed by atoms with Crippen molar-refractivity contribution in [3.8, 4) is 0 Å². The van der Waals surface area contributed by atoms with Gasteiger partial charge in [-0.1, -0.05) is 0 Å². The van der Waals surface area contributed by atoms with Crippen LogP contribution < -0.4 is 34.0 Å². The van der Waals surface area contributed by atoms with E-state index in [-0.39, 0.29) is 24.9 Å². The van der Waals surface area contributed by atoms with Gasteiger partial charge in [-0.15, -0.1) is 0 Å². The molecule has 2 amide bonds. The number of hydrogen-bond acceptors (Lipinski definition) is 6. The van der Waals surface area contributed by atoms with Gasteiger partial charge in [-0.25, -0.2) is 11.7 Å². The van der Waals surface area contributed by atoms with Gasteiger partial charge in [0.2, 0.25) is 11.8 Å². The summed E-state index contributed by atoms with van der Waals surface area (Å²) in [7, 11) is 0. The second kappa shape index (κ2) is 9.78. The summed E-state index contributed by atoms with van der Waals surface area (Å²) in [6.07, 6.45) is 0. The minimum atomic E-state index is -0.352. The van der Waals surface area contributed by atoms with E-state index in [2.05, 4.69) is 11.7 Å². The molecule has 0 fully saturated rings. The highest BCUT2D eigenvalue weighted by atomic mass is 16.2. The van der Waals surface area contributed by atoms with Crippen molar-refractivity contribution in [3.63, 3.8) is 0 Å². The Kier molecular flexibility index (Phi) is 10.9. The molecular weight excluding hydrogens is 164 g/mol. The number of hydrazine groups is 2. The van der Waals surface area contributed by atoms with E-state index >= 15 is 0 Å². The Balaban J connectivity index is 0. The van der Waals surface area contributed by atoms with Crippen molar-refractivity contribution >= 4 is 11.8 Å². The molecule has 0 atom stereocenters. The third kappa shape index (κ3) is 11.6. The number of nitrogens with two attached hydrogens (primary N) is 4. The van der Waals surface area contributed by atoms with Gasteiger partial charge < -0.3 is 11.5 Å². The Morgan fingerprint density at radius 3 is 1.17 bits per heavy atom. The molecular formula is C4H14N6O2. The third-order valence-electron chi connectivity index (χ3n) is 0.693. The van der Waals surface area contributed by atoms with Crippen molar-refractivity contribution in [3.05, 3.63) is 0 Å². The summed E-state index contributed by atoms with van der Waals surface area (Å²) in [4.78, 5) is 19.6. The second-order valence-corrected chi connectivity index (χ2v) is 1.54. The van der Waals surface area contributed by atoms with Gasteiger partial charge in [-0.3, -0.25) is 20.4 Å². The van der Waals surface area contributed by atoms with Crippen molar-refractivity contribution in [2.24, 2.45) is 23.2 Å². The molecule has 0 bridgehead atoms. The maximum absolute atomic E-state index is 9.82. The fraction of sp³-hybridized carbons (Fsp3) is 0.500. The summed E-state index contributed by atoms with van der Waals surface area (Å²) in [6.45, 7) is -0.0903. The van der Waals surface area contributed by atoms with E-state index < -0.39 is 0 Å². The number of hydrogen-bond donors (Lipinski definition) is 6. The van der Waals surface area contributed by atoms with Crippen molar-refractivity contribution < 1.29 is 9.59 Å². The predicted molar refractivity (Wildman–Crippen MR) is 42.8 cm³/mol. The fourth-order valence-corrected chi connectivity index (χ4v) is 0.118. The van der Waals surface area contributed by atoms with Crippen LogP contribution in [0.1, 0.15) is 0 Å². The molecule has 72 valence electrons. The Labute approximate surface area is 69.6 Å². The number of amides is 2. The van der Waals surface area contributed by atoms with Gasteiger partial charge in [-0.2, -0.15) is 0 Å². The van der Waals surface area contributed by atoms with Crippen LogP contribution >= 0.6 is 0 Å². The minimum absolute atomic E-state index is 0.0451. The van der Waals surface area contributed by atoms with Gasteiger partial charge in [-0.05, 0) is 0 Å². The van der Waals surface area contributed by atoms with Crippen molar-refractivity contribution in [2.45, 2.75) is 0 Å². The van der Waals surface area contributed by atoms with Gasteiger partial charge >= 0.3 is 0 Å². The van der Waals surface area contributed by atoms with Crippen LogP contribution in [-0.2, 0) is 9.59 Å². The zero-order valence-electron chi connectivity index (χ0n) is 6.54. The first-order chi connectivity index (χ1) is 5.62. The lowest BCUT2D eigenvalue weighted by Crippen LogP contribution is -2.35. The van der Waals surface area contributed by atoms with E-state index in [1.165, 1.54) is 0 Å². The van der Waals surface area contributed by atoms with Crippen molar-refractivity contribution in [1.29, 1.82) is 0 Å². The van der Waals surface area contributed by atoms with E-state index in [1.54, 1.807) is 0 Å². The lowest BCUT2D eigenvalue weighted by atomic mass is 10.7. The number of carbonyl (C=O) groups excluding carboxylic acids is 2. The van der Waals surface area contributed by atoms with Crippen molar-refractivity contribution in [1.82, 2.24) is 10.9 Å². The highest BCUT2D eigenvalue weighted by molar-refractivity contribution is 5.77. The van der Waals surface area contributed by atoms with Gasteiger partial charge in [0.15, 0.2) is 0 Å². The zero-order valence-corrected chi connectivity index (χ0v) is 6.54. The summed E-state index contributed by atoms with van der Waals surface area (Å²) in [6, 6.07) is 0. The first-order valence-corrected chi connectivity index (χ1v) is 3.01. The van der Waals surface area contributed by atoms with Crippen LogP contribution in [-0.4, -0.2) is 24.9 Å². The molecule has 0 aliphatic carbocycles. The molecule has 8 nitrogen and oxygen atoms in total. The summed E-state index contributed by atoms with van der Waals surface area (Å²) in [5.41, 5.74) is 13.3. The highest BCUT2D eigenvalue weighted by Crippen LogP contribution is 1.44. The zero-order chi connectivity index (χ0) is 9.98. The molecule has 0 spiro atoms.